The van der Waals surface area contributed by atoms with Gasteiger partial charge in [-0.3, -0.25) is 9.78 Å². The maximum Gasteiger partial charge on any atom is 0.303 e. The van der Waals surface area contributed by atoms with Gasteiger partial charge in [0.1, 0.15) is 0 Å². The van der Waals surface area contributed by atoms with Crippen molar-refractivity contribution in [2.75, 3.05) is 5.75 Å². The molecule has 3 aliphatic rings. The number of allylic oxidation sites excluding steroid dienone is 2. The van der Waals surface area contributed by atoms with E-state index in [1.807, 2.05) is 24.5 Å². The summed E-state index contributed by atoms with van der Waals surface area (Å²) >= 11 is 0. The number of rotatable bonds is 6. The zero-order valence-corrected chi connectivity index (χ0v) is 20.8. The number of sulfone groups is 1. The van der Waals surface area contributed by atoms with Gasteiger partial charge >= 0.3 is 5.97 Å². The average Bonchev–Trinajstić information content (AvgIpc) is 3.15. The number of aromatic nitrogens is 1. The molecule has 5 rings (SSSR count). The van der Waals surface area contributed by atoms with Gasteiger partial charge in [-0.15, -0.1) is 0 Å². The first-order valence-electron chi connectivity index (χ1n) is 12.4. The quantitative estimate of drug-likeness (QED) is 0.585. The fraction of sp³-hybridized carbons (Fsp3) is 0.500. The van der Waals surface area contributed by atoms with Gasteiger partial charge in [-0.05, 0) is 115 Å². The molecule has 2 aromatic rings. The lowest BCUT2D eigenvalue weighted by atomic mass is 9.54. The molecule has 1 N–H and O–H groups in total. The highest BCUT2D eigenvalue weighted by Gasteiger charge is 2.52. The van der Waals surface area contributed by atoms with Crippen LogP contribution >= 0.6 is 0 Å². The minimum absolute atomic E-state index is 0.118. The second kappa shape index (κ2) is 8.63. The normalized spacial score (nSPS) is 27.9. The van der Waals surface area contributed by atoms with E-state index in [1.165, 1.54) is 27.8 Å². The van der Waals surface area contributed by atoms with Crippen LogP contribution in [0.3, 0.4) is 0 Å². The molecule has 3 aliphatic carbocycles. The van der Waals surface area contributed by atoms with Gasteiger partial charge < -0.3 is 5.11 Å². The Morgan fingerprint density at radius 1 is 1.21 bits per heavy atom. The third-order valence-electron chi connectivity index (χ3n) is 8.63. The Morgan fingerprint density at radius 3 is 2.79 bits per heavy atom. The Morgan fingerprint density at radius 2 is 2.03 bits per heavy atom. The molecule has 3 unspecified atom stereocenters. The highest BCUT2D eigenvalue weighted by molar-refractivity contribution is 7.91. The summed E-state index contributed by atoms with van der Waals surface area (Å²) in [6.07, 6.45) is 11.7. The number of fused-ring (bicyclic) bond motifs is 5. The third-order valence-corrected chi connectivity index (χ3v) is 10.4. The molecule has 6 heteroatoms. The molecule has 0 saturated heterocycles. The number of carboxylic acid groups (broad SMARTS) is 1. The molecule has 34 heavy (non-hydrogen) atoms. The summed E-state index contributed by atoms with van der Waals surface area (Å²) in [7, 11) is -3.46. The van der Waals surface area contributed by atoms with Crippen LogP contribution in [0.5, 0.6) is 0 Å². The Balaban J connectivity index is 1.37. The standard InChI is InChI=1S/C28H33NO4S/c1-18-14-20(17-29-16-18)25-9-10-26-24-7-5-19-15-21(34(32,33)13-3-4-27(30)31)6-8-22(19)23(24)11-12-28(25,26)2/h6,8-9,14-17,23-24,26H,3-5,7,10-13H2,1-2H3,(H,30,31)/t23?,24?,26?,28-/m1/s1. The van der Waals surface area contributed by atoms with Crippen molar-refractivity contribution in [2.45, 2.75) is 69.6 Å². The average molecular weight is 480 g/mol. The third kappa shape index (κ3) is 4.00. The lowest BCUT2D eigenvalue weighted by Crippen LogP contribution is -2.41. The molecule has 1 heterocycles. The van der Waals surface area contributed by atoms with Crippen molar-refractivity contribution in [3.63, 3.8) is 0 Å². The summed E-state index contributed by atoms with van der Waals surface area (Å²) in [6.45, 7) is 4.54. The SMILES string of the molecule is Cc1cncc(C2=CCC3C4CCc5cc(S(=O)(=O)CCCC(=O)O)ccc5C4CC[C@]23C)c1. The fourth-order valence-electron chi connectivity index (χ4n) is 7.00. The van der Waals surface area contributed by atoms with Gasteiger partial charge in [0.05, 0.1) is 10.6 Å². The lowest BCUT2D eigenvalue weighted by Gasteiger charge is -2.50. The molecule has 0 spiro atoms. The van der Waals surface area contributed by atoms with Crippen LogP contribution in [0.25, 0.3) is 5.57 Å². The molecule has 4 atom stereocenters. The van der Waals surface area contributed by atoms with Crippen LogP contribution in [-0.2, 0) is 21.1 Å². The van der Waals surface area contributed by atoms with E-state index in [-0.39, 0.29) is 24.0 Å². The topological polar surface area (TPSA) is 84.3 Å². The Labute approximate surface area is 202 Å². The van der Waals surface area contributed by atoms with Crippen molar-refractivity contribution in [1.29, 1.82) is 0 Å². The highest BCUT2D eigenvalue weighted by atomic mass is 32.2. The maximum absolute atomic E-state index is 12.8. The van der Waals surface area contributed by atoms with Crippen LogP contribution in [0.15, 0.2) is 47.6 Å². The smallest absolute Gasteiger partial charge is 0.303 e. The maximum atomic E-state index is 12.8. The van der Waals surface area contributed by atoms with E-state index < -0.39 is 15.8 Å². The Hall–Kier alpha value is -2.47. The molecular weight excluding hydrogens is 446 g/mol. The highest BCUT2D eigenvalue weighted by Crippen LogP contribution is 2.63. The number of hydrogen-bond donors (Lipinski definition) is 1. The van der Waals surface area contributed by atoms with Crippen molar-refractivity contribution in [1.82, 2.24) is 4.98 Å². The number of pyridine rings is 1. The monoisotopic (exact) mass is 479 g/mol. The van der Waals surface area contributed by atoms with E-state index in [1.54, 1.807) is 6.07 Å². The van der Waals surface area contributed by atoms with Gasteiger partial charge in [-0.2, -0.15) is 0 Å². The van der Waals surface area contributed by atoms with Crippen molar-refractivity contribution in [3.05, 3.63) is 65.0 Å². The Kier molecular flexibility index (Phi) is 5.91. The van der Waals surface area contributed by atoms with Crippen LogP contribution < -0.4 is 0 Å². The second-order valence-electron chi connectivity index (χ2n) is 10.7. The predicted octanol–water partition coefficient (Wildman–Crippen LogP) is 5.58. The van der Waals surface area contributed by atoms with Crippen LogP contribution in [-0.4, -0.2) is 30.2 Å². The number of carbonyl (C=O) groups is 1. The molecule has 5 nitrogen and oxygen atoms in total. The van der Waals surface area contributed by atoms with Crippen molar-refractivity contribution >= 4 is 21.4 Å². The van der Waals surface area contributed by atoms with E-state index >= 15 is 0 Å². The number of aliphatic carboxylic acids is 1. The molecular formula is C28H33NO4S. The minimum Gasteiger partial charge on any atom is -0.481 e. The van der Waals surface area contributed by atoms with Gasteiger partial charge in [0.25, 0.3) is 0 Å². The van der Waals surface area contributed by atoms with Crippen LogP contribution in [0.4, 0.5) is 0 Å². The molecule has 0 aliphatic heterocycles. The molecule has 1 aromatic heterocycles. The lowest BCUT2D eigenvalue weighted by molar-refractivity contribution is -0.137. The van der Waals surface area contributed by atoms with Gasteiger partial charge in [0.15, 0.2) is 9.84 Å². The number of benzene rings is 1. The van der Waals surface area contributed by atoms with Gasteiger partial charge in [-0.1, -0.05) is 19.1 Å². The molecule has 1 saturated carbocycles. The predicted molar refractivity (Wildman–Crippen MR) is 132 cm³/mol. The fourth-order valence-corrected chi connectivity index (χ4v) is 8.36. The molecule has 180 valence electrons. The van der Waals surface area contributed by atoms with E-state index in [0.29, 0.717) is 22.6 Å². The Bertz CT molecular complexity index is 1260. The number of aryl methyl sites for hydroxylation is 2. The summed E-state index contributed by atoms with van der Waals surface area (Å²) in [5.41, 5.74) is 6.57. The van der Waals surface area contributed by atoms with Gasteiger partial charge in [0, 0.05) is 18.8 Å². The first kappa shape index (κ1) is 23.3. The van der Waals surface area contributed by atoms with Crippen LogP contribution in [0, 0.1) is 24.2 Å². The second-order valence-corrected chi connectivity index (χ2v) is 12.8. The van der Waals surface area contributed by atoms with E-state index in [9.17, 15) is 13.2 Å². The van der Waals surface area contributed by atoms with Crippen molar-refractivity contribution in [3.8, 4) is 0 Å². The van der Waals surface area contributed by atoms with Gasteiger partial charge in [-0.25, -0.2) is 8.42 Å². The van der Waals surface area contributed by atoms with Crippen LogP contribution in [0.1, 0.15) is 73.6 Å². The summed E-state index contributed by atoms with van der Waals surface area (Å²) in [5.74, 6) is 0.616. The molecule has 1 aromatic carbocycles. The van der Waals surface area contributed by atoms with E-state index in [4.69, 9.17) is 5.11 Å². The molecule has 1 fully saturated rings. The number of nitrogens with zero attached hydrogens (tertiary/aromatic N) is 1. The van der Waals surface area contributed by atoms with E-state index in [2.05, 4.69) is 31.0 Å². The summed E-state index contributed by atoms with van der Waals surface area (Å²) in [5, 5.41) is 8.82. The molecule has 0 radical (unpaired) electrons. The summed E-state index contributed by atoms with van der Waals surface area (Å²) in [4.78, 5) is 15.5. The summed E-state index contributed by atoms with van der Waals surface area (Å²) < 4.78 is 25.5. The zero-order valence-electron chi connectivity index (χ0n) is 20.0. The van der Waals surface area contributed by atoms with Crippen molar-refractivity contribution in [2.24, 2.45) is 17.3 Å². The van der Waals surface area contributed by atoms with Crippen molar-refractivity contribution < 1.29 is 18.3 Å². The first-order chi connectivity index (χ1) is 16.2. The minimum atomic E-state index is -3.46. The number of hydrogen-bond acceptors (Lipinski definition) is 4. The first-order valence-corrected chi connectivity index (χ1v) is 14.0. The largest absolute Gasteiger partial charge is 0.481 e. The van der Waals surface area contributed by atoms with Crippen LogP contribution in [0.2, 0.25) is 0 Å². The zero-order chi connectivity index (χ0) is 24.1. The number of carboxylic acids is 1. The summed E-state index contributed by atoms with van der Waals surface area (Å²) in [6, 6.07) is 7.92. The van der Waals surface area contributed by atoms with E-state index in [0.717, 1.165) is 32.1 Å². The molecule has 0 bridgehead atoms. The molecule has 0 amide bonds. The van der Waals surface area contributed by atoms with Gasteiger partial charge in [0.2, 0.25) is 0 Å².